The predicted octanol–water partition coefficient (Wildman–Crippen LogP) is 11.9. The molecule has 6 heteroatoms. The first-order valence-electron chi connectivity index (χ1n) is 16.3. The highest BCUT2D eigenvalue weighted by molar-refractivity contribution is 7.99. The van der Waals surface area contributed by atoms with Gasteiger partial charge < -0.3 is 14.4 Å². The third kappa shape index (κ3) is 4.87. The average molecular weight is 658 g/mol. The normalized spacial score (nSPS) is 11.8. The summed E-state index contributed by atoms with van der Waals surface area (Å²) in [5.74, 6) is 0. The van der Waals surface area contributed by atoms with Gasteiger partial charge in [0.1, 0.15) is 0 Å². The Balaban J connectivity index is 1.37. The molecule has 0 radical (unpaired) electrons. The van der Waals surface area contributed by atoms with Gasteiger partial charge >= 0.3 is 0 Å². The molecule has 5 nitrogen and oxygen atoms in total. The number of hydrogen-bond acceptors (Lipinski definition) is 5. The van der Waals surface area contributed by atoms with Crippen LogP contribution < -0.4 is 9.80 Å². The second kappa shape index (κ2) is 12.1. The van der Waals surface area contributed by atoms with Crippen LogP contribution >= 0.6 is 11.8 Å². The van der Waals surface area contributed by atoms with E-state index >= 15 is 0 Å². The number of nitrogens with zero attached hydrogens (tertiary/aromatic N) is 5. The Labute approximate surface area is 294 Å². The third-order valence-electron chi connectivity index (χ3n) is 9.18. The fourth-order valence-corrected chi connectivity index (χ4v) is 8.03. The summed E-state index contributed by atoms with van der Waals surface area (Å²) in [4.78, 5) is 6.93. The number of hydrogen-bond donors (Lipinski definition) is 0. The third-order valence-corrected chi connectivity index (χ3v) is 10.3. The molecule has 8 aromatic rings. The van der Waals surface area contributed by atoms with Gasteiger partial charge in [-0.1, -0.05) is 72.4 Å². The molecule has 0 fully saturated rings. The maximum atomic E-state index is 9.61. The SMILES string of the molecule is N#Cc1ccc(N(c2ccc(C#N)cc2)c2cc(N3c4ccccc4Sc4ccccc43)cc(-n3c4ccccc4c4ccccc43)c2)cc1. The summed E-state index contributed by atoms with van der Waals surface area (Å²) < 4.78 is 2.35. The molecule has 0 saturated heterocycles. The van der Waals surface area contributed by atoms with Crippen molar-refractivity contribution in [1.29, 1.82) is 10.5 Å². The van der Waals surface area contributed by atoms with E-state index in [-0.39, 0.29) is 0 Å². The lowest BCUT2D eigenvalue weighted by Crippen LogP contribution is -2.17. The molecule has 234 valence electrons. The van der Waals surface area contributed by atoms with E-state index in [1.807, 2.05) is 48.5 Å². The minimum absolute atomic E-state index is 0.590. The summed E-state index contributed by atoms with van der Waals surface area (Å²) in [7, 11) is 0. The van der Waals surface area contributed by atoms with Crippen molar-refractivity contribution in [1.82, 2.24) is 4.57 Å². The molecular formula is C44H27N5S. The van der Waals surface area contributed by atoms with E-state index in [0.717, 1.165) is 50.8 Å². The summed E-state index contributed by atoms with van der Waals surface area (Å²) in [5.41, 5.74) is 10.4. The second-order valence-electron chi connectivity index (χ2n) is 12.1. The maximum absolute atomic E-state index is 9.61. The zero-order valence-corrected chi connectivity index (χ0v) is 27.5. The van der Waals surface area contributed by atoms with Crippen LogP contribution in [0.1, 0.15) is 11.1 Å². The lowest BCUT2D eigenvalue weighted by Gasteiger charge is -2.34. The molecule has 0 atom stereocenters. The van der Waals surface area contributed by atoms with E-state index in [2.05, 4.69) is 142 Å². The van der Waals surface area contributed by atoms with Crippen LogP contribution in [0.15, 0.2) is 174 Å². The molecule has 0 amide bonds. The Morgan fingerprint density at radius 1 is 0.460 bits per heavy atom. The van der Waals surface area contributed by atoms with Gasteiger partial charge in [-0.15, -0.1) is 0 Å². The highest BCUT2D eigenvalue weighted by Crippen LogP contribution is 2.52. The highest BCUT2D eigenvalue weighted by atomic mass is 32.2. The lowest BCUT2D eigenvalue weighted by molar-refractivity contribution is 1.13. The summed E-state index contributed by atoms with van der Waals surface area (Å²) in [6.07, 6.45) is 0. The Morgan fingerprint density at radius 3 is 1.44 bits per heavy atom. The number of rotatable bonds is 5. The van der Waals surface area contributed by atoms with E-state index in [4.69, 9.17) is 0 Å². The first-order valence-corrected chi connectivity index (χ1v) is 17.1. The van der Waals surface area contributed by atoms with Crippen molar-refractivity contribution >= 4 is 67.7 Å². The molecule has 0 spiro atoms. The lowest BCUT2D eigenvalue weighted by atomic mass is 10.1. The molecule has 7 aromatic carbocycles. The predicted molar refractivity (Wildman–Crippen MR) is 204 cm³/mol. The van der Waals surface area contributed by atoms with Gasteiger partial charge in [-0.05, 0) is 103 Å². The number of fused-ring (bicyclic) bond motifs is 5. The molecule has 1 aliphatic heterocycles. The topological polar surface area (TPSA) is 59.0 Å². The second-order valence-corrected chi connectivity index (χ2v) is 13.2. The molecule has 0 saturated carbocycles. The van der Waals surface area contributed by atoms with Crippen LogP contribution in [0.5, 0.6) is 0 Å². The molecule has 1 aliphatic rings. The van der Waals surface area contributed by atoms with E-state index in [1.165, 1.54) is 20.6 Å². The molecule has 0 bridgehead atoms. The van der Waals surface area contributed by atoms with Crippen molar-refractivity contribution in [3.8, 4) is 17.8 Å². The minimum Gasteiger partial charge on any atom is -0.310 e. The van der Waals surface area contributed by atoms with Crippen LogP contribution in [-0.4, -0.2) is 4.57 Å². The van der Waals surface area contributed by atoms with Gasteiger partial charge in [-0.3, -0.25) is 0 Å². The molecular weight excluding hydrogens is 631 g/mol. The fourth-order valence-electron chi connectivity index (χ4n) is 6.97. The first kappa shape index (κ1) is 29.4. The van der Waals surface area contributed by atoms with Crippen molar-refractivity contribution in [2.45, 2.75) is 9.79 Å². The van der Waals surface area contributed by atoms with Crippen LogP contribution in [0.3, 0.4) is 0 Å². The Morgan fingerprint density at radius 2 is 0.920 bits per heavy atom. The van der Waals surface area contributed by atoms with Gasteiger partial charge in [0, 0.05) is 31.9 Å². The number of benzene rings is 7. The number of anilines is 6. The smallest absolute Gasteiger partial charge is 0.0991 e. The van der Waals surface area contributed by atoms with E-state index in [0.29, 0.717) is 11.1 Å². The molecule has 0 N–H and O–H groups in total. The Hall–Kier alpha value is -6.73. The Bertz CT molecular complexity index is 2500. The van der Waals surface area contributed by atoms with E-state index in [9.17, 15) is 10.5 Å². The maximum Gasteiger partial charge on any atom is 0.0991 e. The summed E-state index contributed by atoms with van der Waals surface area (Å²) in [6.45, 7) is 0. The van der Waals surface area contributed by atoms with Crippen molar-refractivity contribution in [3.05, 3.63) is 175 Å². The van der Waals surface area contributed by atoms with Gasteiger partial charge in [0.15, 0.2) is 0 Å². The van der Waals surface area contributed by atoms with Crippen molar-refractivity contribution < 1.29 is 0 Å². The standard InChI is InChI=1S/C44H27N5S/c45-28-30-17-21-32(22-18-30)47(33-23-19-31(29-46)20-24-33)34-25-35(48-39-11-3-1-9-37(39)38-10-2-4-12-40(38)48)27-36(26-34)49-41-13-5-7-15-43(41)50-44-16-8-6-14-42(44)49/h1-27H. The molecule has 0 unspecified atom stereocenters. The van der Waals surface area contributed by atoms with Crippen molar-refractivity contribution in [2.24, 2.45) is 0 Å². The van der Waals surface area contributed by atoms with Crippen LogP contribution in [0.25, 0.3) is 27.5 Å². The fraction of sp³-hybridized carbons (Fsp3) is 0. The highest BCUT2D eigenvalue weighted by Gasteiger charge is 2.27. The van der Waals surface area contributed by atoms with Crippen LogP contribution in [0.4, 0.5) is 34.1 Å². The minimum atomic E-state index is 0.590. The zero-order valence-electron chi connectivity index (χ0n) is 26.7. The van der Waals surface area contributed by atoms with Gasteiger partial charge in [0.2, 0.25) is 0 Å². The van der Waals surface area contributed by atoms with Gasteiger partial charge in [-0.2, -0.15) is 10.5 Å². The summed E-state index contributed by atoms with van der Waals surface area (Å²) >= 11 is 1.79. The van der Waals surface area contributed by atoms with Gasteiger partial charge in [-0.25, -0.2) is 0 Å². The largest absolute Gasteiger partial charge is 0.310 e. The van der Waals surface area contributed by atoms with E-state index < -0.39 is 0 Å². The average Bonchev–Trinajstić information content (AvgIpc) is 3.52. The van der Waals surface area contributed by atoms with Crippen molar-refractivity contribution in [3.63, 3.8) is 0 Å². The van der Waals surface area contributed by atoms with Crippen LogP contribution in [0.2, 0.25) is 0 Å². The van der Waals surface area contributed by atoms with Crippen LogP contribution in [-0.2, 0) is 0 Å². The zero-order chi connectivity index (χ0) is 33.6. The van der Waals surface area contributed by atoms with Gasteiger partial charge in [0.25, 0.3) is 0 Å². The molecule has 1 aromatic heterocycles. The number of aromatic nitrogens is 1. The van der Waals surface area contributed by atoms with Crippen LogP contribution in [0, 0.1) is 22.7 Å². The summed E-state index contributed by atoms with van der Waals surface area (Å²) in [5, 5.41) is 21.6. The number of nitriles is 2. The molecule has 9 rings (SSSR count). The first-order chi connectivity index (χ1) is 24.7. The molecule has 0 aliphatic carbocycles. The van der Waals surface area contributed by atoms with Gasteiger partial charge in [0.05, 0.1) is 62.7 Å². The Kier molecular flexibility index (Phi) is 7.09. The quantitative estimate of drug-likeness (QED) is 0.184. The molecule has 50 heavy (non-hydrogen) atoms. The van der Waals surface area contributed by atoms with E-state index in [1.54, 1.807) is 11.8 Å². The summed E-state index contributed by atoms with van der Waals surface area (Å²) in [6, 6.07) is 60.8. The molecule has 2 heterocycles. The monoisotopic (exact) mass is 657 g/mol. The van der Waals surface area contributed by atoms with Crippen molar-refractivity contribution in [2.75, 3.05) is 9.80 Å². The number of para-hydroxylation sites is 4.